The second kappa shape index (κ2) is 12.5. The normalized spacial score (nSPS) is 18.8. The number of nitrogens with one attached hydrogen (secondary N) is 1. The van der Waals surface area contributed by atoms with Gasteiger partial charge in [0, 0.05) is 17.0 Å². The highest BCUT2D eigenvalue weighted by Gasteiger charge is 2.73. The summed E-state index contributed by atoms with van der Waals surface area (Å²) in [5.74, 6) is -5.32. The minimum Gasteiger partial charge on any atom is -0.349 e. The fraction of sp³-hybridized carbons (Fsp3) is 0.300. The van der Waals surface area contributed by atoms with Crippen molar-refractivity contribution in [3.63, 3.8) is 0 Å². The van der Waals surface area contributed by atoms with E-state index < -0.39 is 97.3 Å². The van der Waals surface area contributed by atoms with Crippen LogP contribution in [0.4, 0.5) is 44.6 Å². The van der Waals surface area contributed by atoms with Crippen LogP contribution in [0.2, 0.25) is 0 Å². The van der Waals surface area contributed by atoms with Gasteiger partial charge in [0.15, 0.2) is 9.84 Å². The second-order valence-electron chi connectivity index (χ2n) is 10.9. The zero-order valence-corrected chi connectivity index (χ0v) is 25.9. The number of aryl methyl sites for hydroxylation is 1. The van der Waals surface area contributed by atoms with Gasteiger partial charge < -0.3 is 10.1 Å². The molecule has 1 saturated carbocycles. The van der Waals surface area contributed by atoms with Crippen molar-refractivity contribution < 1.29 is 57.5 Å². The van der Waals surface area contributed by atoms with E-state index in [0.29, 0.717) is 29.3 Å². The molecule has 48 heavy (non-hydrogen) atoms. The fourth-order valence-electron chi connectivity index (χ4n) is 5.52. The molecule has 3 aromatic carbocycles. The summed E-state index contributed by atoms with van der Waals surface area (Å²) in [4.78, 5) is 12.5. The molecule has 5 rings (SSSR count). The number of nitrogens with zero attached hydrogens (tertiary/aromatic N) is 2. The number of sulfone groups is 1. The summed E-state index contributed by atoms with van der Waals surface area (Å²) < 4.78 is 159. The molecule has 256 valence electrons. The Morgan fingerprint density at radius 2 is 1.46 bits per heavy atom. The van der Waals surface area contributed by atoms with Gasteiger partial charge in [-0.1, -0.05) is 41.7 Å². The maximum atomic E-state index is 14.4. The Balaban J connectivity index is 1.56. The number of benzene rings is 3. The molecule has 1 N–H and O–H groups in total. The van der Waals surface area contributed by atoms with Crippen LogP contribution in [0.25, 0.3) is 0 Å². The molecule has 1 fully saturated rings. The van der Waals surface area contributed by atoms with Crippen LogP contribution in [-0.4, -0.2) is 36.9 Å². The molecule has 0 saturated heterocycles. The zero-order chi connectivity index (χ0) is 35.3. The van der Waals surface area contributed by atoms with Gasteiger partial charge >= 0.3 is 12.4 Å². The first-order valence-corrected chi connectivity index (χ1v) is 16.0. The van der Waals surface area contributed by atoms with E-state index in [0.717, 1.165) is 53.8 Å². The molecule has 1 heterocycles. The SMILES string of the molecule is Cc1nnc(NC(=O)C2CC(c3ccc(C(OCc4c(F)cccc4F)(C(F)(F)F)C(F)(F)F)cc3)(S(=O)(=O)c3ccc(F)cc3)C2)s1. The van der Waals surface area contributed by atoms with Gasteiger partial charge in [0.25, 0.3) is 5.60 Å². The number of carbonyl (C=O) groups excluding carboxylic acids is 1. The predicted molar refractivity (Wildman–Crippen MR) is 153 cm³/mol. The van der Waals surface area contributed by atoms with Crippen molar-refractivity contribution in [2.24, 2.45) is 5.92 Å². The van der Waals surface area contributed by atoms with Gasteiger partial charge in [0.05, 0.1) is 11.5 Å². The van der Waals surface area contributed by atoms with Crippen LogP contribution < -0.4 is 5.32 Å². The number of carbonyl (C=O) groups is 1. The molecule has 0 radical (unpaired) electrons. The largest absolute Gasteiger partial charge is 0.430 e. The summed E-state index contributed by atoms with van der Waals surface area (Å²) in [7, 11) is -4.56. The van der Waals surface area contributed by atoms with Gasteiger partial charge in [-0.3, -0.25) is 4.79 Å². The van der Waals surface area contributed by atoms with Crippen molar-refractivity contribution in [3.8, 4) is 0 Å². The molecular formula is C30H22F9N3O4S2. The number of aromatic nitrogens is 2. The smallest absolute Gasteiger partial charge is 0.349 e. The molecule has 1 amide bonds. The molecule has 0 bridgehead atoms. The molecule has 0 atom stereocenters. The van der Waals surface area contributed by atoms with E-state index in [1.54, 1.807) is 6.92 Å². The Labute approximate surface area is 270 Å². The van der Waals surface area contributed by atoms with Crippen molar-refractivity contribution in [2.45, 2.75) is 54.0 Å². The van der Waals surface area contributed by atoms with Gasteiger partial charge in [-0.15, -0.1) is 10.2 Å². The first-order valence-electron chi connectivity index (χ1n) is 13.7. The number of anilines is 1. The maximum Gasteiger partial charge on any atom is 0.430 e. The number of halogens is 9. The van der Waals surface area contributed by atoms with Crippen LogP contribution in [0, 0.1) is 30.3 Å². The average molecular weight is 724 g/mol. The highest BCUT2D eigenvalue weighted by Crippen LogP contribution is 2.56. The quantitative estimate of drug-likeness (QED) is 0.142. The number of ether oxygens (including phenoxy) is 1. The topological polar surface area (TPSA) is 98.2 Å². The minimum absolute atomic E-state index is 0.117. The molecule has 1 aliphatic rings. The third-order valence-corrected chi connectivity index (χ3v) is 11.3. The predicted octanol–water partition coefficient (Wildman–Crippen LogP) is 7.52. The molecule has 0 unspecified atom stereocenters. The lowest BCUT2D eigenvalue weighted by atomic mass is 9.69. The van der Waals surface area contributed by atoms with Crippen molar-refractivity contribution >= 4 is 32.2 Å². The highest BCUT2D eigenvalue weighted by atomic mass is 32.2. The van der Waals surface area contributed by atoms with Gasteiger partial charge in [0.1, 0.15) is 27.2 Å². The van der Waals surface area contributed by atoms with Crippen LogP contribution in [0.3, 0.4) is 0 Å². The van der Waals surface area contributed by atoms with Gasteiger partial charge in [-0.05, 0) is 61.7 Å². The summed E-state index contributed by atoms with van der Waals surface area (Å²) >= 11 is 1.03. The zero-order valence-electron chi connectivity index (χ0n) is 24.3. The summed E-state index contributed by atoms with van der Waals surface area (Å²) in [6.45, 7) is -0.150. The van der Waals surface area contributed by atoms with Crippen molar-refractivity contribution in [1.82, 2.24) is 10.2 Å². The van der Waals surface area contributed by atoms with Gasteiger partial charge in [-0.25, -0.2) is 21.6 Å². The number of hydrogen-bond donors (Lipinski definition) is 1. The number of rotatable bonds is 9. The molecule has 4 aromatic rings. The summed E-state index contributed by atoms with van der Waals surface area (Å²) in [6.07, 6.45) is -13.4. The van der Waals surface area contributed by atoms with Gasteiger partial charge in [-0.2, -0.15) is 26.3 Å². The molecule has 7 nitrogen and oxygen atoms in total. The molecule has 0 aliphatic heterocycles. The van der Waals surface area contributed by atoms with Gasteiger partial charge in [0.2, 0.25) is 11.0 Å². The van der Waals surface area contributed by atoms with E-state index in [2.05, 4.69) is 20.3 Å². The first kappa shape index (κ1) is 35.3. The van der Waals surface area contributed by atoms with E-state index in [1.165, 1.54) is 0 Å². The van der Waals surface area contributed by atoms with E-state index >= 15 is 0 Å². The third-order valence-electron chi connectivity index (χ3n) is 8.03. The van der Waals surface area contributed by atoms with Crippen LogP contribution in [-0.2, 0) is 36.3 Å². The van der Waals surface area contributed by atoms with E-state index in [4.69, 9.17) is 0 Å². The monoisotopic (exact) mass is 723 g/mol. The average Bonchev–Trinajstić information content (AvgIpc) is 3.37. The van der Waals surface area contributed by atoms with Crippen LogP contribution in [0.5, 0.6) is 0 Å². The number of alkyl halides is 6. The molecule has 1 aliphatic carbocycles. The van der Waals surface area contributed by atoms with E-state index in [-0.39, 0.29) is 10.7 Å². The molecule has 0 spiro atoms. The fourth-order valence-corrected chi connectivity index (χ4v) is 8.35. The maximum absolute atomic E-state index is 14.4. The Morgan fingerprint density at radius 1 is 0.896 bits per heavy atom. The Hall–Kier alpha value is -4.03. The first-order chi connectivity index (χ1) is 22.3. The van der Waals surface area contributed by atoms with E-state index in [9.17, 15) is 52.7 Å². The minimum atomic E-state index is -6.23. The summed E-state index contributed by atoms with van der Waals surface area (Å²) in [5, 5.41) is 10.6. The lowest BCUT2D eigenvalue weighted by Crippen LogP contribution is -2.56. The van der Waals surface area contributed by atoms with Crippen molar-refractivity contribution in [1.29, 1.82) is 0 Å². The standard InChI is InChI=1S/C30H22F9N3O4S2/c1-16-41-42-26(47-16)40-25(43)17-13-27(14-17,48(44,45)21-11-9-20(31)10-12-21)18-5-7-19(8-6-18)28(29(34,35)36,30(37,38)39)46-15-22-23(32)3-2-4-24(22)33/h2-12,17H,13-15H2,1H3,(H,40,42,43). The Kier molecular flexibility index (Phi) is 9.15. The molecule has 18 heteroatoms. The van der Waals surface area contributed by atoms with Crippen LogP contribution >= 0.6 is 11.3 Å². The molecule has 1 aromatic heterocycles. The summed E-state index contributed by atoms with van der Waals surface area (Å²) in [5.41, 5.74) is -8.11. The number of amides is 1. The number of hydrogen-bond acceptors (Lipinski definition) is 7. The van der Waals surface area contributed by atoms with Crippen LogP contribution in [0.15, 0.2) is 71.6 Å². The highest BCUT2D eigenvalue weighted by molar-refractivity contribution is 7.92. The van der Waals surface area contributed by atoms with Crippen molar-refractivity contribution in [3.05, 3.63) is 106 Å². The van der Waals surface area contributed by atoms with Crippen LogP contribution in [0.1, 0.15) is 34.5 Å². The summed E-state index contributed by atoms with van der Waals surface area (Å²) in [6, 6.07) is 7.83. The lowest BCUT2D eigenvalue weighted by Gasteiger charge is -2.46. The Morgan fingerprint density at radius 3 is 1.96 bits per heavy atom. The lowest BCUT2D eigenvalue weighted by molar-refractivity contribution is -0.392. The van der Waals surface area contributed by atoms with Crippen molar-refractivity contribution in [2.75, 3.05) is 5.32 Å². The Bertz CT molecular complexity index is 1890. The third kappa shape index (κ3) is 6.04. The van der Waals surface area contributed by atoms with E-state index in [1.807, 2.05) is 0 Å². The second-order valence-corrected chi connectivity index (χ2v) is 14.4. The molecular weight excluding hydrogens is 701 g/mol.